The zero-order valence-electron chi connectivity index (χ0n) is 17.5. The molecule has 1 heterocycles. The van der Waals surface area contributed by atoms with Crippen LogP contribution in [0.3, 0.4) is 0 Å². The van der Waals surface area contributed by atoms with Crippen molar-refractivity contribution in [1.29, 1.82) is 0 Å². The van der Waals surface area contributed by atoms with Crippen molar-refractivity contribution < 1.29 is 18.9 Å². The van der Waals surface area contributed by atoms with E-state index in [1.807, 2.05) is 46.4 Å². The Labute approximate surface area is 174 Å². The molecule has 2 aromatic rings. The van der Waals surface area contributed by atoms with Crippen LogP contribution in [0, 0.1) is 5.82 Å². The van der Waals surface area contributed by atoms with E-state index >= 15 is 0 Å². The zero-order valence-corrected chi connectivity index (χ0v) is 18.4. The number of carbonyl (C=O) groups excluding carboxylic acids is 2. The SMILES string of the molecule is C[C@@H](c1nnc(SCC(=O)NC(=O)NC(C)(C)C)n1-c1ccc(F)cc1)[NH+](C)C. The van der Waals surface area contributed by atoms with E-state index in [4.69, 9.17) is 0 Å². The van der Waals surface area contributed by atoms with Crippen molar-refractivity contribution in [3.63, 3.8) is 0 Å². The molecule has 8 nitrogen and oxygen atoms in total. The van der Waals surface area contributed by atoms with Crippen LogP contribution in [-0.4, -0.2) is 52.1 Å². The van der Waals surface area contributed by atoms with Gasteiger partial charge in [-0.05, 0) is 52.0 Å². The van der Waals surface area contributed by atoms with E-state index < -0.39 is 17.5 Å². The van der Waals surface area contributed by atoms with E-state index in [9.17, 15) is 14.0 Å². The predicted octanol–water partition coefficient (Wildman–Crippen LogP) is 1.33. The van der Waals surface area contributed by atoms with Crippen molar-refractivity contribution >= 4 is 23.7 Å². The lowest BCUT2D eigenvalue weighted by Crippen LogP contribution is -3.05. The molecule has 0 saturated heterocycles. The van der Waals surface area contributed by atoms with Crippen LogP contribution in [-0.2, 0) is 4.79 Å². The second kappa shape index (κ2) is 9.36. The van der Waals surface area contributed by atoms with Gasteiger partial charge in [-0.2, -0.15) is 0 Å². The van der Waals surface area contributed by atoms with E-state index in [-0.39, 0.29) is 17.6 Å². The molecule has 0 aliphatic heterocycles. The van der Waals surface area contributed by atoms with Gasteiger partial charge in [0.1, 0.15) is 11.9 Å². The van der Waals surface area contributed by atoms with E-state index in [0.29, 0.717) is 16.7 Å². The topological polar surface area (TPSA) is 93.3 Å². The third-order valence-electron chi connectivity index (χ3n) is 4.07. The molecule has 0 fully saturated rings. The Morgan fingerprint density at radius 3 is 2.38 bits per heavy atom. The van der Waals surface area contributed by atoms with Crippen LogP contribution in [0.2, 0.25) is 0 Å². The number of urea groups is 1. The second-order valence-electron chi connectivity index (χ2n) is 7.99. The van der Waals surface area contributed by atoms with Crippen LogP contribution in [0.1, 0.15) is 39.6 Å². The first-order chi connectivity index (χ1) is 13.5. The van der Waals surface area contributed by atoms with Gasteiger partial charge >= 0.3 is 6.03 Å². The van der Waals surface area contributed by atoms with E-state index in [0.717, 1.165) is 16.7 Å². The number of quaternary nitrogens is 1. The Hall–Kier alpha value is -2.46. The Morgan fingerprint density at radius 1 is 1.21 bits per heavy atom. The molecule has 0 unspecified atom stereocenters. The summed E-state index contributed by atoms with van der Waals surface area (Å²) in [5.41, 5.74) is 0.257. The molecular formula is C19H28FN6O2S+. The number of thioether (sulfide) groups is 1. The largest absolute Gasteiger partial charge is 0.333 e. The molecule has 2 rings (SSSR count). The summed E-state index contributed by atoms with van der Waals surface area (Å²) in [7, 11) is 4.00. The quantitative estimate of drug-likeness (QED) is 0.610. The molecule has 1 aromatic heterocycles. The average molecular weight is 424 g/mol. The molecule has 29 heavy (non-hydrogen) atoms. The first kappa shape index (κ1) is 22.8. The number of carbonyl (C=O) groups is 2. The van der Waals surface area contributed by atoms with Crippen molar-refractivity contribution in [3.8, 4) is 5.69 Å². The zero-order chi connectivity index (χ0) is 21.8. The molecule has 10 heteroatoms. The van der Waals surface area contributed by atoms with Crippen LogP contribution < -0.4 is 15.5 Å². The molecular weight excluding hydrogens is 395 g/mol. The maximum Gasteiger partial charge on any atom is 0.321 e. The Kier molecular flexibility index (Phi) is 7.37. The molecule has 0 aliphatic carbocycles. The summed E-state index contributed by atoms with van der Waals surface area (Å²) < 4.78 is 15.2. The van der Waals surface area contributed by atoms with Gasteiger partial charge in [0, 0.05) is 11.2 Å². The van der Waals surface area contributed by atoms with Crippen molar-refractivity contribution in [3.05, 3.63) is 35.9 Å². The van der Waals surface area contributed by atoms with E-state index in [2.05, 4.69) is 20.8 Å². The molecule has 3 amide bonds. The maximum absolute atomic E-state index is 13.4. The lowest BCUT2D eigenvalue weighted by atomic mass is 10.1. The average Bonchev–Trinajstić information content (AvgIpc) is 3.02. The van der Waals surface area contributed by atoms with Gasteiger partial charge in [-0.3, -0.25) is 14.7 Å². The van der Waals surface area contributed by atoms with Crippen LogP contribution in [0.25, 0.3) is 5.69 Å². The molecule has 0 bridgehead atoms. The maximum atomic E-state index is 13.4. The van der Waals surface area contributed by atoms with Gasteiger partial charge in [0.05, 0.1) is 19.8 Å². The highest BCUT2D eigenvalue weighted by Gasteiger charge is 2.24. The molecule has 0 saturated carbocycles. The number of aromatic nitrogens is 3. The highest BCUT2D eigenvalue weighted by molar-refractivity contribution is 7.99. The van der Waals surface area contributed by atoms with Gasteiger partial charge in [0.2, 0.25) is 5.91 Å². The Balaban J connectivity index is 2.19. The van der Waals surface area contributed by atoms with Crippen LogP contribution in [0.15, 0.2) is 29.4 Å². The monoisotopic (exact) mass is 423 g/mol. The normalized spacial score (nSPS) is 12.7. The number of hydrogen-bond acceptors (Lipinski definition) is 5. The predicted molar refractivity (Wildman–Crippen MR) is 110 cm³/mol. The number of hydrogen-bond donors (Lipinski definition) is 3. The first-order valence-electron chi connectivity index (χ1n) is 9.24. The summed E-state index contributed by atoms with van der Waals surface area (Å²) in [5.74, 6) is -0.101. The third kappa shape index (κ3) is 6.53. The molecule has 1 aromatic carbocycles. The van der Waals surface area contributed by atoms with Crippen molar-refractivity contribution in [2.45, 2.75) is 44.4 Å². The van der Waals surface area contributed by atoms with Gasteiger partial charge in [-0.15, -0.1) is 10.2 Å². The molecule has 0 aliphatic rings. The van der Waals surface area contributed by atoms with Crippen molar-refractivity contribution in [1.82, 2.24) is 25.4 Å². The standard InChI is InChI=1S/C19H27FN6O2S/c1-12(25(5)6)16-23-24-18(26(16)14-9-7-13(20)8-10-14)29-11-15(27)21-17(28)22-19(2,3)4/h7-10,12H,11H2,1-6H3,(H2,21,22,27,28)/p+1/t12-/m0/s1. The molecule has 158 valence electrons. The Morgan fingerprint density at radius 2 is 1.83 bits per heavy atom. The minimum atomic E-state index is -0.548. The molecule has 0 spiro atoms. The number of amides is 3. The van der Waals surface area contributed by atoms with Crippen LogP contribution in [0.5, 0.6) is 0 Å². The fourth-order valence-corrected chi connectivity index (χ4v) is 3.17. The minimum absolute atomic E-state index is 0.0138. The van der Waals surface area contributed by atoms with Gasteiger partial charge < -0.3 is 10.2 Å². The second-order valence-corrected chi connectivity index (χ2v) is 8.94. The summed E-state index contributed by atoms with van der Waals surface area (Å²) in [5, 5.41) is 14.0. The fourth-order valence-electron chi connectivity index (χ4n) is 2.41. The first-order valence-corrected chi connectivity index (χ1v) is 10.2. The van der Waals surface area contributed by atoms with Gasteiger partial charge in [0.25, 0.3) is 0 Å². The lowest BCUT2D eigenvalue weighted by molar-refractivity contribution is -0.890. The highest BCUT2D eigenvalue weighted by atomic mass is 32.2. The van der Waals surface area contributed by atoms with Gasteiger partial charge in [-0.25, -0.2) is 9.18 Å². The molecule has 0 radical (unpaired) electrons. The molecule has 3 N–H and O–H groups in total. The van der Waals surface area contributed by atoms with E-state index in [1.165, 1.54) is 12.1 Å². The smallest absolute Gasteiger partial charge is 0.321 e. The summed E-state index contributed by atoms with van der Waals surface area (Å²) in [4.78, 5) is 25.1. The highest BCUT2D eigenvalue weighted by Crippen LogP contribution is 2.24. The van der Waals surface area contributed by atoms with Crippen LogP contribution in [0.4, 0.5) is 9.18 Å². The molecule has 1 atom stereocenters. The summed E-state index contributed by atoms with van der Waals surface area (Å²) in [6, 6.07) is 5.48. The van der Waals surface area contributed by atoms with Gasteiger partial charge in [-0.1, -0.05) is 11.8 Å². The number of nitrogens with one attached hydrogen (secondary N) is 3. The summed E-state index contributed by atoms with van der Waals surface area (Å²) >= 11 is 1.16. The summed E-state index contributed by atoms with van der Waals surface area (Å²) in [6.45, 7) is 7.49. The number of rotatable bonds is 6. The number of benzene rings is 1. The van der Waals surface area contributed by atoms with Crippen molar-refractivity contribution in [2.24, 2.45) is 0 Å². The van der Waals surface area contributed by atoms with Gasteiger partial charge in [0.15, 0.2) is 11.0 Å². The minimum Gasteiger partial charge on any atom is -0.333 e. The number of nitrogens with zero attached hydrogens (tertiary/aromatic N) is 3. The fraction of sp³-hybridized carbons (Fsp3) is 0.474. The van der Waals surface area contributed by atoms with Crippen LogP contribution >= 0.6 is 11.8 Å². The lowest BCUT2D eigenvalue weighted by Gasteiger charge is -2.20. The van der Waals surface area contributed by atoms with Crippen molar-refractivity contribution in [2.75, 3.05) is 19.8 Å². The number of imide groups is 1. The number of halogens is 1. The Bertz CT molecular complexity index is 861. The third-order valence-corrected chi connectivity index (χ3v) is 5.00. The van der Waals surface area contributed by atoms with E-state index in [1.54, 1.807) is 12.1 Å². The summed E-state index contributed by atoms with van der Waals surface area (Å²) in [6.07, 6.45) is 0.